The summed E-state index contributed by atoms with van der Waals surface area (Å²) in [4.78, 5) is 12.9. The van der Waals surface area contributed by atoms with Gasteiger partial charge in [0.1, 0.15) is 0 Å². The molecule has 0 radical (unpaired) electrons. The molecule has 0 unspecified atom stereocenters. The minimum Gasteiger partial charge on any atom is -0.322 e. The SMILES string of the molecule is CCN(CC)S(=O)(=O)c1ccc(Cl)c(C(=O)Nc2cc(S(=O)(=O)N(C)C)ccc2C)c1. The lowest BCUT2D eigenvalue weighted by molar-refractivity contribution is 0.102. The summed E-state index contributed by atoms with van der Waals surface area (Å²) in [6.07, 6.45) is 0. The van der Waals surface area contributed by atoms with E-state index in [2.05, 4.69) is 5.32 Å². The summed E-state index contributed by atoms with van der Waals surface area (Å²) in [5.41, 5.74) is 0.880. The molecule has 0 fully saturated rings. The Morgan fingerprint density at radius 2 is 1.48 bits per heavy atom. The fourth-order valence-electron chi connectivity index (χ4n) is 2.85. The number of nitrogens with zero attached hydrogens (tertiary/aromatic N) is 2. The molecule has 11 heteroatoms. The number of halogens is 1. The summed E-state index contributed by atoms with van der Waals surface area (Å²) < 4.78 is 52.7. The van der Waals surface area contributed by atoms with E-state index in [-0.39, 0.29) is 39.2 Å². The standard InChI is InChI=1S/C20H26ClN3O5S2/c1-6-24(7-2)31(28,29)15-10-11-18(21)17(12-15)20(25)22-19-13-16(9-8-14(19)3)30(26,27)23(4)5/h8-13H,6-7H2,1-5H3,(H,22,25). The molecular formula is C20H26ClN3O5S2. The average Bonchev–Trinajstić information content (AvgIpc) is 2.70. The molecule has 0 saturated carbocycles. The molecule has 1 N–H and O–H groups in total. The van der Waals surface area contributed by atoms with E-state index >= 15 is 0 Å². The fourth-order valence-corrected chi connectivity index (χ4v) is 5.46. The first-order valence-corrected chi connectivity index (χ1v) is 12.8. The van der Waals surface area contributed by atoms with Gasteiger partial charge in [0.25, 0.3) is 5.91 Å². The number of carbonyl (C=O) groups is 1. The number of sulfonamides is 2. The van der Waals surface area contributed by atoms with E-state index in [1.165, 1.54) is 48.7 Å². The lowest BCUT2D eigenvalue weighted by Gasteiger charge is -2.19. The van der Waals surface area contributed by atoms with Gasteiger partial charge in [-0.2, -0.15) is 4.31 Å². The van der Waals surface area contributed by atoms with Gasteiger partial charge in [0.15, 0.2) is 0 Å². The van der Waals surface area contributed by atoms with Crippen LogP contribution in [0.2, 0.25) is 5.02 Å². The van der Waals surface area contributed by atoms with E-state index in [1.807, 2.05) is 0 Å². The van der Waals surface area contributed by atoms with Gasteiger partial charge in [0.05, 0.1) is 20.4 Å². The van der Waals surface area contributed by atoms with E-state index < -0.39 is 26.0 Å². The molecule has 2 aromatic carbocycles. The van der Waals surface area contributed by atoms with Crippen LogP contribution in [0.4, 0.5) is 5.69 Å². The molecule has 0 saturated heterocycles. The Balaban J connectivity index is 2.46. The highest BCUT2D eigenvalue weighted by atomic mass is 35.5. The van der Waals surface area contributed by atoms with Crippen molar-refractivity contribution in [1.82, 2.24) is 8.61 Å². The molecule has 1 amide bonds. The molecule has 2 rings (SSSR count). The third-order valence-corrected chi connectivity index (χ3v) is 8.95. The zero-order chi connectivity index (χ0) is 23.6. The maximum absolute atomic E-state index is 12.9. The van der Waals surface area contributed by atoms with E-state index in [0.29, 0.717) is 5.56 Å². The number of benzene rings is 2. The molecule has 0 heterocycles. The van der Waals surface area contributed by atoms with Gasteiger partial charge in [0, 0.05) is 32.9 Å². The minimum atomic E-state index is -3.78. The second-order valence-corrected chi connectivity index (χ2v) is 11.4. The largest absolute Gasteiger partial charge is 0.322 e. The van der Waals surface area contributed by atoms with Crippen LogP contribution in [0, 0.1) is 6.92 Å². The van der Waals surface area contributed by atoms with Crippen molar-refractivity contribution >= 4 is 43.2 Å². The minimum absolute atomic E-state index is 0.0161. The summed E-state index contributed by atoms with van der Waals surface area (Å²) in [6, 6.07) is 8.31. The predicted octanol–water partition coefficient (Wildman–Crippen LogP) is 3.18. The van der Waals surface area contributed by atoms with Gasteiger partial charge in [-0.15, -0.1) is 0 Å². The van der Waals surface area contributed by atoms with Crippen molar-refractivity contribution in [2.75, 3.05) is 32.5 Å². The number of anilines is 1. The van der Waals surface area contributed by atoms with Crippen LogP contribution in [-0.4, -0.2) is 58.5 Å². The van der Waals surface area contributed by atoms with Crippen LogP contribution >= 0.6 is 11.6 Å². The average molecular weight is 488 g/mol. The van der Waals surface area contributed by atoms with Crippen molar-refractivity contribution in [1.29, 1.82) is 0 Å². The second kappa shape index (κ2) is 9.66. The van der Waals surface area contributed by atoms with Crippen molar-refractivity contribution in [2.45, 2.75) is 30.6 Å². The Morgan fingerprint density at radius 3 is 2.03 bits per heavy atom. The summed E-state index contributed by atoms with van der Waals surface area (Å²) in [6.45, 7) is 5.74. The van der Waals surface area contributed by atoms with Crippen LogP contribution in [0.15, 0.2) is 46.2 Å². The number of hydrogen-bond acceptors (Lipinski definition) is 5. The normalized spacial score (nSPS) is 12.4. The Bertz CT molecular complexity index is 1190. The third kappa shape index (κ3) is 5.27. The first-order chi connectivity index (χ1) is 14.4. The van der Waals surface area contributed by atoms with Crippen LogP contribution in [0.3, 0.4) is 0 Å². The molecule has 0 aliphatic heterocycles. The molecular weight excluding hydrogens is 462 g/mol. The fraction of sp³-hybridized carbons (Fsp3) is 0.350. The summed E-state index contributed by atoms with van der Waals surface area (Å²) >= 11 is 6.17. The van der Waals surface area contributed by atoms with E-state index in [0.717, 1.165) is 4.31 Å². The number of aryl methyl sites for hydroxylation is 1. The van der Waals surface area contributed by atoms with Crippen molar-refractivity contribution in [2.24, 2.45) is 0 Å². The van der Waals surface area contributed by atoms with Crippen LogP contribution in [0.5, 0.6) is 0 Å². The molecule has 170 valence electrons. The zero-order valence-corrected chi connectivity index (χ0v) is 20.4. The smallest absolute Gasteiger partial charge is 0.257 e. The molecule has 2 aromatic rings. The maximum Gasteiger partial charge on any atom is 0.257 e. The van der Waals surface area contributed by atoms with Gasteiger partial charge in [-0.05, 0) is 42.8 Å². The van der Waals surface area contributed by atoms with E-state index in [9.17, 15) is 21.6 Å². The van der Waals surface area contributed by atoms with Crippen LogP contribution in [-0.2, 0) is 20.0 Å². The van der Waals surface area contributed by atoms with Gasteiger partial charge in [-0.3, -0.25) is 4.79 Å². The topological polar surface area (TPSA) is 104 Å². The predicted molar refractivity (Wildman–Crippen MR) is 122 cm³/mol. The molecule has 0 aromatic heterocycles. The van der Waals surface area contributed by atoms with Gasteiger partial charge in [-0.25, -0.2) is 21.1 Å². The first kappa shape index (κ1) is 25.3. The maximum atomic E-state index is 12.9. The Hall–Kier alpha value is -1.98. The quantitative estimate of drug-likeness (QED) is 0.615. The number of rotatable bonds is 8. The van der Waals surface area contributed by atoms with Crippen LogP contribution < -0.4 is 5.32 Å². The number of hydrogen-bond donors (Lipinski definition) is 1. The Labute approximate surface area is 188 Å². The third-order valence-electron chi connectivity index (χ3n) is 4.76. The highest BCUT2D eigenvalue weighted by Crippen LogP contribution is 2.26. The summed E-state index contributed by atoms with van der Waals surface area (Å²) in [7, 11) is -4.65. The Morgan fingerprint density at radius 1 is 0.935 bits per heavy atom. The molecule has 0 spiro atoms. The summed E-state index contributed by atoms with van der Waals surface area (Å²) in [5, 5.41) is 2.71. The van der Waals surface area contributed by atoms with Crippen LogP contribution in [0.1, 0.15) is 29.8 Å². The van der Waals surface area contributed by atoms with E-state index in [1.54, 1.807) is 26.8 Å². The molecule has 0 atom stereocenters. The second-order valence-electron chi connectivity index (χ2n) is 6.95. The molecule has 31 heavy (non-hydrogen) atoms. The van der Waals surface area contributed by atoms with Crippen molar-refractivity contribution in [3.05, 3.63) is 52.5 Å². The lowest BCUT2D eigenvalue weighted by atomic mass is 10.1. The van der Waals surface area contributed by atoms with Gasteiger partial charge >= 0.3 is 0 Å². The molecule has 0 aliphatic rings. The summed E-state index contributed by atoms with van der Waals surface area (Å²) in [5.74, 6) is -0.649. The lowest BCUT2D eigenvalue weighted by Crippen LogP contribution is -2.30. The molecule has 0 aliphatic carbocycles. The number of carbonyl (C=O) groups excluding carboxylic acids is 1. The molecule has 8 nitrogen and oxygen atoms in total. The van der Waals surface area contributed by atoms with Crippen molar-refractivity contribution in [3.63, 3.8) is 0 Å². The zero-order valence-electron chi connectivity index (χ0n) is 18.0. The highest BCUT2D eigenvalue weighted by Gasteiger charge is 2.24. The van der Waals surface area contributed by atoms with Gasteiger partial charge in [-0.1, -0.05) is 31.5 Å². The number of nitrogens with one attached hydrogen (secondary N) is 1. The van der Waals surface area contributed by atoms with Crippen molar-refractivity contribution in [3.8, 4) is 0 Å². The number of amides is 1. The Kier molecular flexibility index (Phi) is 7.88. The van der Waals surface area contributed by atoms with Gasteiger partial charge in [0.2, 0.25) is 20.0 Å². The van der Waals surface area contributed by atoms with Gasteiger partial charge < -0.3 is 5.32 Å². The first-order valence-electron chi connectivity index (χ1n) is 9.50. The van der Waals surface area contributed by atoms with Crippen molar-refractivity contribution < 1.29 is 21.6 Å². The van der Waals surface area contributed by atoms with Crippen LogP contribution in [0.25, 0.3) is 0 Å². The monoisotopic (exact) mass is 487 g/mol. The molecule has 0 bridgehead atoms. The van der Waals surface area contributed by atoms with E-state index in [4.69, 9.17) is 11.6 Å². The highest BCUT2D eigenvalue weighted by molar-refractivity contribution is 7.89.